The van der Waals surface area contributed by atoms with Gasteiger partial charge in [-0.25, -0.2) is 9.13 Å². The number of hydrogen-bond donors (Lipinski definition) is 3. The lowest BCUT2D eigenvalue weighted by molar-refractivity contribution is -0.161. The van der Waals surface area contributed by atoms with Crippen LogP contribution in [0, 0.1) is 0 Å². The number of aliphatic hydroxyl groups excluding tert-OH is 1. The first-order valence-corrected chi connectivity index (χ1v) is 41.2. The SMILES string of the molecule is CCCCC/C=C\C/C=C\CCCCCCCC(=O)OCC(COP(=O)(O)OCC(O)COP(=O)(O)OCC(COC(=O)CCCCCCC/C=C\CCCCCC)OC(=O)CCCCCCC/C=C\CCCCCC)OC(=O)CCCCCCC/C=C\C/C=C\CCCCC. The summed E-state index contributed by atoms with van der Waals surface area (Å²) in [7, 11) is -9.95. The Morgan fingerprint density at radius 2 is 0.510 bits per heavy atom. The van der Waals surface area contributed by atoms with Gasteiger partial charge in [-0.1, -0.05) is 242 Å². The molecule has 0 radical (unpaired) electrons. The van der Waals surface area contributed by atoms with Gasteiger partial charge in [0.1, 0.15) is 19.3 Å². The molecule has 3 N–H and O–H groups in total. The Kier molecular flexibility index (Phi) is 67.4. The molecule has 0 aliphatic rings. The first-order valence-electron chi connectivity index (χ1n) is 38.2. The van der Waals surface area contributed by atoms with Crippen molar-refractivity contribution in [2.24, 2.45) is 0 Å². The van der Waals surface area contributed by atoms with Gasteiger partial charge >= 0.3 is 39.5 Å². The number of unbranched alkanes of at least 4 members (excludes halogenated alkanes) is 34. The predicted octanol–water partition coefficient (Wildman–Crippen LogP) is 21.7. The smallest absolute Gasteiger partial charge is 0.462 e. The number of ether oxygens (including phenoxy) is 4. The molecule has 0 saturated carbocycles. The van der Waals surface area contributed by atoms with Gasteiger partial charge in [-0.3, -0.25) is 37.3 Å². The molecule has 17 nitrogen and oxygen atoms in total. The lowest BCUT2D eigenvalue weighted by atomic mass is 10.1. The normalized spacial score (nSPS) is 14.4. The molecule has 0 aliphatic carbocycles. The van der Waals surface area contributed by atoms with E-state index in [2.05, 4.69) is 101 Å². The predicted molar refractivity (Wildman–Crippen MR) is 390 cm³/mol. The zero-order valence-corrected chi connectivity index (χ0v) is 62.6. The molecule has 0 aromatic carbocycles. The van der Waals surface area contributed by atoms with E-state index in [-0.39, 0.29) is 25.7 Å². The van der Waals surface area contributed by atoms with Gasteiger partial charge in [-0.05, 0) is 141 Å². The van der Waals surface area contributed by atoms with Gasteiger partial charge < -0.3 is 33.8 Å². The molecule has 0 fully saturated rings. The Balaban J connectivity index is 5.36. The molecule has 0 heterocycles. The van der Waals surface area contributed by atoms with Crippen LogP contribution in [0.25, 0.3) is 0 Å². The van der Waals surface area contributed by atoms with Crippen LogP contribution in [-0.2, 0) is 65.4 Å². The highest BCUT2D eigenvalue weighted by Crippen LogP contribution is 2.45. The highest BCUT2D eigenvalue weighted by Gasteiger charge is 2.30. The Hall–Kier alpha value is -3.50. The minimum atomic E-state index is -4.98. The van der Waals surface area contributed by atoms with Crippen LogP contribution < -0.4 is 0 Å². The maximum Gasteiger partial charge on any atom is 0.472 e. The molecule has 5 unspecified atom stereocenters. The van der Waals surface area contributed by atoms with Crippen LogP contribution in [0.1, 0.15) is 336 Å². The second-order valence-corrected chi connectivity index (χ2v) is 28.5. The van der Waals surface area contributed by atoms with Gasteiger partial charge in [0.25, 0.3) is 0 Å². The summed E-state index contributed by atoms with van der Waals surface area (Å²) in [6.07, 6.45) is 68.8. The number of esters is 4. The van der Waals surface area contributed by atoms with Gasteiger partial charge in [0, 0.05) is 25.7 Å². The standard InChI is InChI=1S/C77H138O17P2/c1-5-9-13-17-21-25-29-33-35-39-42-46-50-54-58-62-75(80)88-68-73(94-77(82)64-60-56-52-48-44-40-36-34-30-26-22-18-14-10-6-2)70-92-96(85,86)90-66-71(78)65-89-95(83,84)91-69-72(93-76(81)63-59-55-51-47-43-38-32-28-24-20-16-12-8-4)67-87-74(79)61-57-53-49-45-41-37-31-27-23-19-15-11-7-3/h21-22,25-28,31-36,71-73,78H,5-20,23-24,29-30,37-70H2,1-4H3,(H,83,84)(H,85,86)/b25-21-,26-22-,31-27-,32-28-,35-33-,36-34-. The fourth-order valence-electron chi connectivity index (χ4n) is 10.2. The first-order chi connectivity index (χ1) is 46.7. The van der Waals surface area contributed by atoms with Gasteiger partial charge in [-0.15, -0.1) is 0 Å². The van der Waals surface area contributed by atoms with E-state index in [1.54, 1.807) is 0 Å². The Morgan fingerprint density at radius 1 is 0.292 bits per heavy atom. The van der Waals surface area contributed by atoms with E-state index < -0.39 is 97.5 Å². The third-order valence-corrected chi connectivity index (χ3v) is 18.0. The third kappa shape index (κ3) is 69.0. The molecule has 19 heteroatoms. The first kappa shape index (κ1) is 92.5. The summed E-state index contributed by atoms with van der Waals surface area (Å²) in [5.74, 6) is -2.20. The molecular formula is C77H138O17P2. The number of hydrogen-bond acceptors (Lipinski definition) is 15. The van der Waals surface area contributed by atoms with Crippen LogP contribution in [0.5, 0.6) is 0 Å². The number of phosphoric acid groups is 2. The Labute approximate surface area is 583 Å². The van der Waals surface area contributed by atoms with Gasteiger partial charge in [0.2, 0.25) is 0 Å². The minimum Gasteiger partial charge on any atom is -0.462 e. The molecule has 0 aliphatic heterocycles. The lowest BCUT2D eigenvalue weighted by Gasteiger charge is -2.21. The molecule has 0 bridgehead atoms. The molecule has 96 heavy (non-hydrogen) atoms. The van der Waals surface area contributed by atoms with E-state index in [0.29, 0.717) is 25.7 Å². The van der Waals surface area contributed by atoms with Crippen LogP contribution in [0.3, 0.4) is 0 Å². The summed E-state index contributed by atoms with van der Waals surface area (Å²) >= 11 is 0. The molecule has 0 aromatic rings. The molecule has 5 atom stereocenters. The van der Waals surface area contributed by atoms with Crippen molar-refractivity contribution in [2.75, 3.05) is 39.6 Å². The van der Waals surface area contributed by atoms with Crippen LogP contribution in [0.2, 0.25) is 0 Å². The number of carbonyl (C=O) groups is 4. The van der Waals surface area contributed by atoms with E-state index in [1.165, 1.54) is 89.9 Å². The number of aliphatic hydroxyl groups is 1. The van der Waals surface area contributed by atoms with Gasteiger partial charge in [0.15, 0.2) is 12.2 Å². The fourth-order valence-corrected chi connectivity index (χ4v) is 11.8. The number of carbonyl (C=O) groups excluding carboxylic acids is 4. The number of rotatable bonds is 72. The summed E-state index contributed by atoms with van der Waals surface area (Å²) < 4.78 is 68.4. The van der Waals surface area contributed by atoms with Crippen molar-refractivity contribution in [3.05, 3.63) is 72.9 Å². The highest BCUT2D eigenvalue weighted by atomic mass is 31.2. The second kappa shape index (κ2) is 70.0. The molecule has 0 saturated heterocycles. The maximum absolute atomic E-state index is 13.1. The lowest BCUT2D eigenvalue weighted by Crippen LogP contribution is -2.30. The molecular weight excluding hydrogens is 1260 g/mol. The second-order valence-electron chi connectivity index (χ2n) is 25.6. The minimum absolute atomic E-state index is 0.0778. The Morgan fingerprint density at radius 3 is 0.802 bits per heavy atom. The Bertz CT molecular complexity index is 2110. The number of allylic oxidation sites excluding steroid dienone is 12. The average Bonchev–Trinajstić information content (AvgIpc) is 1.36. The van der Waals surface area contributed by atoms with Crippen LogP contribution in [0.4, 0.5) is 0 Å². The van der Waals surface area contributed by atoms with E-state index in [0.717, 1.165) is 167 Å². The van der Waals surface area contributed by atoms with Crippen molar-refractivity contribution < 1.29 is 80.2 Å². The fraction of sp³-hybridized carbons (Fsp3) is 0.792. The van der Waals surface area contributed by atoms with Crippen molar-refractivity contribution >= 4 is 39.5 Å². The molecule has 0 aromatic heterocycles. The van der Waals surface area contributed by atoms with Crippen LogP contribution >= 0.6 is 15.6 Å². The van der Waals surface area contributed by atoms with Crippen molar-refractivity contribution in [1.29, 1.82) is 0 Å². The molecule has 0 rings (SSSR count). The largest absolute Gasteiger partial charge is 0.472 e. The van der Waals surface area contributed by atoms with Crippen molar-refractivity contribution in [1.82, 2.24) is 0 Å². The summed E-state index contributed by atoms with van der Waals surface area (Å²) in [6.45, 7) is 4.77. The zero-order chi connectivity index (χ0) is 70.4. The van der Waals surface area contributed by atoms with Gasteiger partial charge in [0.05, 0.1) is 26.4 Å². The third-order valence-electron chi connectivity index (χ3n) is 16.1. The zero-order valence-electron chi connectivity index (χ0n) is 60.8. The maximum atomic E-state index is 13.1. The van der Waals surface area contributed by atoms with E-state index in [1.807, 2.05) is 0 Å². The van der Waals surface area contributed by atoms with Crippen LogP contribution in [-0.4, -0.2) is 96.7 Å². The summed E-state index contributed by atoms with van der Waals surface area (Å²) in [4.78, 5) is 72.8. The van der Waals surface area contributed by atoms with Crippen molar-refractivity contribution in [2.45, 2.75) is 354 Å². The van der Waals surface area contributed by atoms with Crippen molar-refractivity contribution in [3.63, 3.8) is 0 Å². The quantitative estimate of drug-likeness (QED) is 0.0169. The van der Waals surface area contributed by atoms with Gasteiger partial charge in [-0.2, -0.15) is 0 Å². The van der Waals surface area contributed by atoms with Crippen LogP contribution in [0.15, 0.2) is 72.9 Å². The highest BCUT2D eigenvalue weighted by molar-refractivity contribution is 7.47. The van der Waals surface area contributed by atoms with E-state index in [4.69, 9.17) is 37.0 Å². The monoisotopic (exact) mass is 1400 g/mol. The average molecular weight is 1400 g/mol. The number of phosphoric ester groups is 2. The topological polar surface area (TPSA) is 237 Å². The molecule has 0 amide bonds. The van der Waals surface area contributed by atoms with E-state index in [9.17, 15) is 43.2 Å². The molecule has 558 valence electrons. The molecule has 0 spiro atoms. The summed E-state index contributed by atoms with van der Waals surface area (Å²) in [5.41, 5.74) is 0. The van der Waals surface area contributed by atoms with E-state index >= 15 is 0 Å². The summed E-state index contributed by atoms with van der Waals surface area (Å²) in [5, 5.41) is 10.6. The van der Waals surface area contributed by atoms with Crippen molar-refractivity contribution in [3.8, 4) is 0 Å². The summed E-state index contributed by atoms with van der Waals surface area (Å²) in [6, 6.07) is 0.